The van der Waals surface area contributed by atoms with Crippen molar-refractivity contribution in [3.05, 3.63) is 65.7 Å². The van der Waals surface area contributed by atoms with E-state index in [1.807, 2.05) is 37.3 Å². The molecule has 0 saturated carbocycles. The number of aromatic nitrogens is 1. The van der Waals surface area contributed by atoms with E-state index in [1.165, 1.54) is 23.9 Å². The summed E-state index contributed by atoms with van der Waals surface area (Å²) < 4.78 is 0. The van der Waals surface area contributed by atoms with E-state index in [0.29, 0.717) is 5.56 Å². The van der Waals surface area contributed by atoms with Crippen molar-refractivity contribution in [2.75, 3.05) is 5.75 Å². The third kappa shape index (κ3) is 4.78. The predicted octanol–water partition coefficient (Wildman–Crippen LogP) is 3.58. The molecule has 1 heterocycles. The van der Waals surface area contributed by atoms with E-state index in [1.54, 1.807) is 19.1 Å². The number of pyridine rings is 1. The van der Waals surface area contributed by atoms with Gasteiger partial charge >= 0.3 is 0 Å². The van der Waals surface area contributed by atoms with Crippen LogP contribution in [0.15, 0.2) is 59.6 Å². The van der Waals surface area contributed by atoms with Gasteiger partial charge in [0.15, 0.2) is 0 Å². The number of nitrogens with one attached hydrogen (secondary N) is 1. The number of hydrogen-bond acceptors (Lipinski definition) is 5. The van der Waals surface area contributed by atoms with E-state index in [0.717, 1.165) is 21.5 Å². The molecule has 27 heavy (non-hydrogen) atoms. The molecular formula is C21H22N2O3S. The maximum atomic E-state index is 12.3. The van der Waals surface area contributed by atoms with E-state index in [9.17, 15) is 15.0 Å². The van der Waals surface area contributed by atoms with Gasteiger partial charge in [-0.15, -0.1) is 0 Å². The van der Waals surface area contributed by atoms with Gasteiger partial charge in [0.2, 0.25) is 5.91 Å². The molecule has 6 heteroatoms. The summed E-state index contributed by atoms with van der Waals surface area (Å²) in [5.74, 6) is 0.187. The molecular weight excluding hydrogens is 360 g/mol. The third-order valence-corrected chi connectivity index (χ3v) is 5.26. The maximum Gasteiger partial charge on any atom is 0.230 e. The number of aromatic hydroxyl groups is 1. The molecule has 3 N–H and O–H groups in total. The molecule has 0 saturated heterocycles. The lowest BCUT2D eigenvalue weighted by atomic mass is 10.0. The van der Waals surface area contributed by atoms with Gasteiger partial charge in [0.05, 0.1) is 28.4 Å². The Morgan fingerprint density at radius 2 is 1.89 bits per heavy atom. The number of rotatable bonds is 6. The number of fused-ring (bicyclic) bond motifs is 1. The van der Waals surface area contributed by atoms with Crippen molar-refractivity contribution in [1.29, 1.82) is 0 Å². The molecule has 0 bridgehead atoms. The second kappa shape index (κ2) is 8.41. The Labute approximate surface area is 162 Å². The van der Waals surface area contributed by atoms with Crippen molar-refractivity contribution in [3.63, 3.8) is 0 Å². The minimum atomic E-state index is -0.847. The van der Waals surface area contributed by atoms with Crippen LogP contribution in [-0.4, -0.2) is 32.9 Å². The van der Waals surface area contributed by atoms with Gasteiger partial charge in [-0.2, -0.15) is 0 Å². The van der Waals surface area contributed by atoms with Gasteiger partial charge in [0.25, 0.3) is 0 Å². The quantitative estimate of drug-likeness (QED) is 0.568. The first kappa shape index (κ1) is 19.2. The van der Waals surface area contributed by atoms with E-state index in [2.05, 4.69) is 10.3 Å². The van der Waals surface area contributed by atoms with Crippen LogP contribution in [0.1, 0.15) is 24.2 Å². The second-order valence-corrected chi connectivity index (χ2v) is 7.47. The minimum Gasteiger partial charge on any atom is -0.508 e. The molecule has 140 valence electrons. The highest BCUT2D eigenvalue weighted by Gasteiger charge is 2.18. The van der Waals surface area contributed by atoms with Gasteiger partial charge in [0.1, 0.15) is 5.75 Å². The maximum absolute atomic E-state index is 12.3. The molecule has 0 aliphatic carbocycles. The Kier molecular flexibility index (Phi) is 5.98. The fraction of sp³-hybridized carbons (Fsp3) is 0.238. The van der Waals surface area contributed by atoms with E-state index < -0.39 is 12.1 Å². The first-order chi connectivity index (χ1) is 12.9. The van der Waals surface area contributed by atoms with Crippen molar-refractivity contribution in [1.82, 2.24) is 10.3 Å². The summed E-state index contributed by atoms with van der Waals surface area (Å²) in [5, 5.41) is 24.4. The number of hydrogen-bond donors (Lipinski definition) is 3. The van der Waals surface area contributed by atoms with Crippen LogP contribution >= 0.6 is 11.8 Å². The molecule has 0 aliphatic rings. The van der Waals surface area contributed by atoms with Crippen molar-refractivity contribution < 1.29 is 15.0 Å². The lowest BCUT2D eigenvalue weighted by molar-refractivity contribution is -0.119. The summed E-state index contributed by atoms with van der Waals surface area (Å²) in [5.41, 5.74) is 2.68. The van der Waals surface area contributed by atoms with Crippen LogP contribution in [0.25, 0.3) is 10.9 Å². The molecule has 1 aromatic heterocycles. The molecule has 2 aromatic carbocycles. The first-order valence-electron chi connectivity index (χ1n) is 8.69. The van der Waals surface area contributed by atoms with Gasteiger partial charge in [-0.05, 0) is 49.2 Å². The smallest absolute Gasteiger partial charge is 0.230 e. The summed E-state index contributed by atoms with van der Waals surface area (Å²) >= 11 is 1.37. The SMILES string of the molecule is Cc1cc(SCC(=O)N[C@@H](C)[C@H](O)c2ccc(O)cc2)nc2ccccc12. The minimum absolute atomic E-state index is 0.136. The van der Waals surface area contributed by atoms with Gasteiger partial charge in [-0.1, -0.05) is 42.1 Å². The Balaban J connectivity index is 1.58. The number of nitrogens with zero attached hydrogens (tertiary/aromatic N) is 1. The molecule has 0 radical (unpaired) electrons. The highest BCUT2D eigenvalue weighted by atomic mass is 32.2. The summed E-state index contributed by atoms with van der Waals surface area (Å²) in [6, 6.07) is 15.8. The molecule has 0 unspecified atom stereocenters. The van der Waals surface area contributed by atoms with Gasteiger partial charge in [-0.25, -0.2) is 4.98 Å². The van der Waals surface area contributed by atoms with Crippen molar-refractivity contribution in [3.8, 4) is 5.75 Å². The Hall–Kier alpha value is -2.57. The lowest BCUT2D eigenvalue weighted by Gasteiger charge is -2.20. The topological polar surface area (TPSA) is 82.5 Å². The average Bonchev–Trinajstić information content (AvgIpc) is 2.66. The molecule has 3 rings (SSSR count). The summed E-state index contributed by atoms with van der Waals surface area (Å²) in [4.78, 5) is 16.8. The summed E-state index contributed by atoms with van der Waals surface area (Å²) in [6.45, 7) is 3.78. The number of aliphatic hydroxyl groups excluding tert-OH is 1. The second-order valence-electron chi connectivity index (χ2n) is 6.48. The van der Waals surface area contributed by atoms with Gasteiger partial charge in [0, 0.05) is 5.39 Å². The first-order valence-corrected chi connectivity index (χ1v) is 9.68. The molecule has 1 amide bonds. The molecule has 0 spiro atoms. The molecule has 2 atom stereocenters. The van der Waals surface area contributed by atoms with Gasteiger partial charge < -0.3 is 15.5 Å². The summed E-state index contributed by atoms with van der Waals surface area (Å²) in [7, 11) is 0. The number of carbonyl (C=O) groups is 1. The molecule has 0 fully saturated rings. The lowest BCUT2D eigenvalue weighted by Crippen LogP contribution is -2.38. The largest absolute Gasteiger partial charge is 0.508 e. The number of phenols is 1. The van der Waals surface area contributed by atoms with E-state index >= 15 is 0 Å². The molecule has 5 nitrogen and oxygen atoms in total. The number of benzene rings is 2. The number of phenolic OH excluding ortho intramolecular Hbond substituents is 1. The Morgan fingerprint density at radius 1 is 1.19 bits per heavy atom. The predicted molar refractivity (Wildman–Crippen MR) is 108 cm³/mol. The van der Waals surface area contributed by atoms with Crippen LogP contribution in [0.5, 0.6) is 5.75 Å². The van der Waals surface area contributed by atoms with Crippen molar-refractivity contribution in [2.24, 2.45) is 0 Å². The zero-order chi connectivity index (χ0) is 19.4. The van der Waals surface area contributed by atoms with Crippen molar-refractivity contribution >= 4 is 28.6 Å². The zero-order valence-corrected chi connectivity index (χ0v) is 16.0. The fourth-order valence-electron chi connectivity index (χ4n) is 2.87. The Morgan fingerprint density at radius 3 is 2.63 bits per heavy atom. The summed E-state index contributed by atoms with van der Waals surface area (Å²) in [6.07, 6.45) is -0.847. The van der Waals surface area contributed by atoms with E-state index in [-0.39, 0.29) is 17.4 Å². The van der Waals surface area contributed by atoms with Crippen LogP contribution in [0.3, 0.4) is 0 Å². The van der Waals surface area contributed by atoms with Gasteiger partial charge in [-0.3, -0.25) is 4.79 Å². The normalized spacial score (nSPS) is 13.3. The van der Waals surface area contributed by atoms with Crippen LogP contribution in [0.4, 0.5) is 0 Å². The van der Waals surface area contributed by atoms with Crippen LogP contribution in [0, 0.1) is 6.92 Å². The molecule has 0 aliphatic heterocycles. The highest BCUT2D eigenvalue weighted by molar-refractivity contribution is 7.99. The standard InChI is InChI=1S/C21H22N2O3S/c1-13-11-20(23-18-6-4-3-5-17(13)18)27-12-19(25)22-14(2)21(26)15-7-9-16(24)10-8-15/h3-11,14,21,24,26H,12H2,1-2H3,(H,22,25)/t14-,21-/m0/s1. The fourth-order valence-corrected chi connectivity index (χ4v) is 3.65. The number of thioether (sulfide) groups is 1. The number of aryl methyl sites for hydroxylation is 1. The van der Waals surface area contributed by atoms with Crippen LogP contribution in [-0.2, 0) is 4.79 Å². The Bertz CT molecular complexity index is 944. The average molecular weight is 382 g/mol. The number of amides is 1. The highest BCUT2D eigenvalue weighted by Crippen LogP contribution is 2.24. The van der Waals surface area contributed by atoms with Crippen LogP contribution in [0.2, 0.25) is 0 Å². The molecule has 3 aromatic rings. The monoisotopic (exact) mass is 382 g/mol. The van der Waals surface area contributed by atoms with E-state index in [4.69, 9.17) is 0 Å². The van der Waals surface area contributed by atoms with Crippen molar-refractivity contribution in [2.45, 2.75) is 31.0 Å². The number of para-hydroxylation sites is 1. The number of aliphatic hydroxyl groups is 1. The zero-order valence-electron chi connectivity index (χ0n) is 15.2. The van der Waals surface area contributed by atoms with Crippen LogP contribution < -0.4 is 5.32 Å². The third-order valence-electron chi connectivity index (χ3n) is 4.35. The number of carbonyl (C=O) groups excluding carboxylic acids is 1.